The van der Waals surface area contributed by atoms with Crippen molar-refractivity contribution in [2.75, 3.05) is 0 Å². The smallest absolute Gasteiger partial charge is 0.167 e. The molecule has 10 rings (SSSR count). The lowest BCUT2D eigenvalue weighted by atomic mass is 9.93. The number of hydrogen-bond donors (Lipinski definition) is 0. The minimum Gasteiger partial charge on any atom is -0.455 e. The monoisotopic (exact) mass is 753 g/mol. The highest BCUT2D eigenvalue weighted by molar-refractivity contribution is 6.14. The predicted molar refractivity (Wildman–Crippen MR) is 235 cm³/mol. The van der Waals surface area contributed by atoms with Gasteiger partial charge in [-0.3, -0.25) is 0 Å². The van der Waals surface area contributed by atoms with E-state index in [0.717, 1.165) is 77.6 Å². The molecule has 0 aliphatic heterocycles. The van der Waals surface area contributed by atoms with Gasteiger partial charge < -0.3 is 4.42 Å². The van der Waals surface area contributed by atoms with Gasteiger partial charge in [0, 0.05) is 27.5 Å². The molecule has 2 heterocycles. The minimum atomic E-state index is 0.522. The maximum Gasteiger partial charge on any atom is 0.167 e. The molecule has 0 N–H and O–H groups in total. The summed E-state index contributed by atoms with van der Waals surface area (Å²) in [4.78, 5) is 15.0. The Kier molecular flexibility index (Phi) is 8.84. The third kappa shape index (κ3) is 6.68. The topological polar surface area (TPSA) is 99.4 Å². The maximum atomic E-state index is 9.31. The number of nitrogens with zero attached hydrogens (tertiary/aromatic N) is 5. The third-order valence-electron chi connectivity index (χ3n) is 10.6. The van der Waals surface area contributed by atoms with E-state index in [1.165, 1.54) is 0 Å². The Morgan fingerprint density at radius 3 is 1.24 bits per heavy atom. The zero-order valence-corrected chi connectivity index (χ0v) is 31.5. The Labute approximate surface area is 340 Å². The van der Waals surface area contributed by atoms with Crippen LogP contribution in [0.15, 0.2) is 192 Å². The highest BCUT2D eigenvalue weighted by Gasteiger charge is 2.21. The van der Waals surface area contributed by atoms with Gasteiger partial charge in [0.05, 0.1) is 28.8 Å². The van der Waals surface area contributed by atoms with E-state index < -0.39 is 0 Å². The highest BCUT2D eigenvalue weighted by atomic mass is 16.3. The summed E-state index contributed by atoms with van der Waals surface area (Å²) in [5.74, 6) is 1.68. The van der Waals surface area contributed by atoms with Crippen LogP contribution in [-0.2, 0) is 0 Å². The van der Waals surface area contributed by atoms with E-state index in [1.54, 1.807) is 0 Å². The van der Waals surface area contributed by atoms with Crippen molar-refractivity contribution in [1.29, 1.82) is 10.5 Å². The van der Waals surface area contributed by atoms with Gasteiger partial charge in [-0.05, 0) is 81.4 Å². The Morgan fingerprint density at radius 1 is 0.322 bits per heavy atom. The van der Waals surface area contributed by atoms with Crippen LogP contribution in [0, 0.1) is 22.7 Å². The molecule has 0 saturated heterocycles. The van der Waals surface area contributed by atoms with Crippen molar-refractivity contribution in [2.24, 2.45) is 0 Å². The summed E-state index contributed by atoms with van der Waals surface area (Å²) in [6, 6.07) is 67.1. The van der Waals surface area contributed by atoms with Gasteiger partial charge in [-0.2, -0.15) is 10.5 Å². The Bertz CT molecular complexity index is 3180. The summed E-state index contributed by atoms with van der Waals surface area (Å²) in [7, 11) is 0. The number of fused-ring (bicyclic) bond motifs is 3. The van der Waals surface area contributed by atoms with Crippen molar-refractivity contribution in [3.63, 3.8) is 0 Å². The van der Waals surface area contributed by atoms with Crippen molar-refractivity contribution in [3.8, 4) is 90.8 Å². The number of nitriles is 2. The first-order valence-electron chi connectivity index (χ1n) is 19.2. The Morgan fingerprint density at radius 2 is 0.746 bits per heavy atom. The van der Waals surface area contributed by atoms with E-state index >= 15 is 0 Å². The highest BCUT2D eigenvalue weighted by Crippen LogP contribution is 2.43. The largest absolute Gasteiger partial charge is 0.455 e. The summed E-state index contributed by atoms with van der Waals surface area (Å²) < 4.78 is 6.99. The van der Waals surface area contributed by atoms with E-state index in [-0.39, 0.29) is 0 Å². The fourth-order valence-electron chi connectivity index (χ4n) is 7.56. The molecule has 10 aromatic rings. The number of rotatable bonds is 7. The molecule has 0 saturated carbocycles. The van der Waals surface area contributed by atoms with Crippen LogP contribution >= 0.6 is 0 Å². The summed E-state index contributed by atoms with van der Waals surface area (Å²) in [6.07, 6.45) is 0. The lowest BCUT2D eigenvalue weighted by molar-refractivity contribution is 0.670. The second-order valence-electron chi connectivity index (χ2n) is 14.3. The number of aromatic nitrogens is 3. The fourth-order valence-corrected chi connectivity index (χ4v) is 7.56. The summed E-state index contributed by atoms with van der Waals surface area (Å²) in [5.41, 5.74) is 13.5. The van der Waals surface area contributed by atoms with Gasteiger partial charge in [0.25, 0.3) is 0 Å². The SMILES string of the molecule is N#Cc1ccc(-c2ccc(-c3cc(-c4ccc(-c5ccc(C#N)cc5)cc4)c4oc5c(-c6nc(-c7ccccc7)nc(-c7ccccc7)n6)cccc5c4c3)cc2)cc1. The predicted octanol–water partition coefficient (Wildman–Crippen LogP) is 13.2. The molecule has 59 heavy (non-hydrogen) atoms. The second kappa shape index (κ2) is 14.9. The van der Waals surface area contributed by atoms with Gasteiger partial charge in [-0.25, -0.2) is 15.0 Å². The van der Waals surface area contributed by atoms with Crippen LogP contribution in [-0.4, -0.2) is 15.0 Å². The van der Waals surface area contributed by atoms with Crippen molar-refractivity contribution >= 4 is 21.9 Å². The van der Waals surface area contributed by atoms with Crippen LogP contribution in [0.1, 0.15) is 11.1 Å². The normalized spacial score (nSPS) is 11.0. The molecule has 0 bridgehead atoms. The zero-order valence-electron chi connectivity index (χ0n) is 31.5. The van der Waals surface area contributed by atoms with Gasteiger partial charge in [0.15, 0.2) is 17.5 Å². The van der Waals surface area contributed by atoms with Gasteiger partial charge in [0.2, 0.25) is 0 Å². The molecular formula is C53H31N5O. The van der Waals surface area contributed by atoms with Crippen molar-refractivity contribution in [3.05, 3.63) is 199 Å². The standard InChI is InChI=1S/C53H31N5O/c54-32-34-14-18-36(19-15-34)38-22-24-40(25-23-38)44-30-47(41-28-26-39(27-29-41)37-20-16-35(33-55)17-21-37)50-48(31-44)45-12-7-13-46(49(45)59-50)53-57-51(42-8-3-1-4-9-42)56-52(58-53)43-10-5-2-6-11-43/h1-31H. The van der Waals surface area contributed by atoms with Crippen LogP contribution < -0.4 is 0 Å². The summed E-state index contributed by atoms with van der Waals surface area (Å²) in [5, 5.41) is 20.5. The Hall–Kier alpha value is -8.45. The zero-order chi connectivity index (χ0) is 39.7. The van der Waals surface area contributed by atoms with Crippen molar-refractivity contribution in [1.82, 2.24) is 15.0 Å². The average Bonchev–Trinajstić information content (AvgIpc) is 3.71. The third-order valence-corrected chi connectivity index (χ3v) is 10.6. The molecule has 274 valence electrons. The molecule has 0 radical (unpaired) electrons. The molecule has 6 heteroatoms. The molecule has 0 unspecified atom stereocenters. The second-order valence-corrected chi connectivity index (χ2v) is 14.3. The Balaban J connectivity index is 1.15. The molecule has 8 aromatic carbocycles. The van der Waals surface area contributed by atoms with E-state index in [2.05, 4.69) is 78.9 Å². The summed E-state index contributed by atoms with van der Waals surface area (Å²) >= 11 is 0. The first-order valence-corrected chi connectivity index (χ1v) is 19.2. The van der Waals surface area contributed by atoms with Crippen molar-refractivity contribution in [2.45, 2.75) is 0 Å². The molecule has 0 spiro atoms. The molecule has 0 amide bonds. The van der Waals surface area contributed by atoms with Gasteiger partial charge >= 0.3 is 0 Å². The van der Waals surface area contributed by atoms with Crippen LogP contribution in [0.3, 0.4) is 0 Å². The molecule has 0 aliphatic carbocycles. The van der Waals surface area contributed by atoms with Crippen LogP contribution in [0.2, 0.25) is 0 Å². The molecular weight excluding hydrogens is 723 g/mol. The van der Waals surface area contributed by atoms with E-state index in [0.29, 0.717) is 34.2 Å². The number of hydrogen-bond acceptors (Lipinski definition) is 6. The van der Waals surface area contributed by atoms with Crippen molar-refractivity contribution < 1.29 is 4.42 Å². The lowest BCUT2D eigenvalue weighted by Crippen LogP contribution is -2.00. The lowest BCUT2D eigenvalue weighted by Gasteiger charge is -2.10. The fraction of sp³-hybridized carbons (Fsp3) is 0. The van der Waals surface area contributed by atoms with Gasteiger partial charge in [0.1, 0.15) is 11.2 Å². The molecule has 0 aliphatic rings. The number of para-hydroxylation sites is 1. The first-order chi connectivity index (χ1) is 29.1. The molecule has 0 atom stereocenters. The van der Waals surface area contributed by atoms with E-state index in [4.69, 9.17) is 19.4 Å². The van der Waals surface area contributed by atoms with E-state index in [9.17, 15) is 10.5 Å². The van der Waals surface area contributed by atoms with Crippen LogP contribution in [0.5, 0.6) is 0 Å². The first kappa shape index (κ1) is 35.0. The molecule has 2 aromatic heterocycles. The minimum absolute atomic E-state index is 0.522. The van der Waals surface area contributed by atoms with E-state index in [1.807, 2.05) is 121 Å². The van der Waals surface area contributed by atoms with Crippen LogP contribution in [0.25, 0.3) is 101 Å². The number of benzene rings is 8. The average molecular weight is 754 g/mol. The maximum absolute atomic E-state index is 9.31. The van der Waals surface area contributed by atoms with Crippen LogP contribution in [0.4, 0.5) is 0 Å². The summed E-state index contributed by atoms with van der Waals surface area (Å²) in [6.45, 7) is 0. The van der Waals surface area contributed by atoms with Gasteiger partial charge in [-0.1, -0.05) is 146 Å². The number of furan rings is 1. The van der Waals surface area contributed by atoms with Gasteiger partial charge in [-0.15, -0.1) is 0 Å². The molecule has 6 nitrogen and oxygen atoms in total. The molecule has 0 fully saturated rings. The quantitative estimate of drug-likeness (QED) is 0.161.